The Kier molecular flexibility index (Phi) is 6.54. The van der Waals surface area contributed by atoms with Gasteiger partial charge in [0.2, 0.25) is 0 Å². The first-order valence-electron chi connectivity index (χ1n) is 6.54. The SMILES string of the molecule is COC(=O)CCC1CCCC(CNC(=O)OC)C1. The fourth-order valence-electron chi connectivity index (χ4n) is 2.57. The molecule has 18 heavy (non-hydrogen) atoms. The highest BCUT2D eigenvalue weighted by atomic mass is 16.5. The molecule has 0 saturated heterocycles. The molecule has 5 nitrogen and oxygen atoms in total. The smallest absolute Gasteiger partial charge is 0.406 e. The zero-order valence-corrected chi connectivity index (χ0v) is 11.2. The molecule has 0 aromatic rings. The quantitative estimate of drug-likeness (QED) is 0.766. The predicted octanol–water partition coefficient (Wildman–Crippen LogP) is 2.10. The summed E-state index contributed by atoms with van der Waals surface area (Å²) < 4.78 is 9.20. The van der Waals surface area contributed by atoms with E-state index in [9.17, 15) is 9.59 Å². The van der Waals surface area contributed by atoms with Gasteiger partial charge in [-0.2, -0.15) is 0 Å². The fourth-order valence-corrected chi connectivity index (χ4v) is 2.57. The topological polar surface area (TPSA) is 64.6 Å². The molecule has 1 rings (SSSR count). The van der Waals surface area contributed by atoms with Gasteiger partial charge in [-0.1, -0.05) is 12.8 Å². The van der Waals surface area contributed by atoms with E-state index in [0.29, 0.717) is 24.8 Å². The van der Waals surface area contributed by atoms with Crippen molar-refractivity contribution in [3.05, 3.63) is 0 Å². The number of carbonyl (C=O) groups excluding carboxylic acids is 2. The summed E-state index contributed by atoms with van der Waals surface area (Å²) in [5, 5.41) is 2.75. The summed E-state index contributed by atoms with van der Waals surface area (Å²) in [5.74, 6) is 0.938. The third-order valence-electron chi connectivity index (χ3n) is 3.60. The third-order valence-corrected chi connectivity index (χ3v) is 3.60. The van der Waals surface area contributed by atoms with E-state index in [-0.39, 0.29) is 12.1 Å². The lowest BCUT2D eigenvalue weighted by molar-refractivity contribution is -0.141. The van der Waals surface area contributed by atoms with Crippen LogP contribution in [0.15, 0.2) is 0 Å². The van der Waals surface area contributed by atoms with Crippen LogP contribution in [0.5, 0.6) is 0 Å². The molecular weight excluding hydrogens is 234 g/mol. The minimum absolute atomic E-state index is 0.134. The molecule has 1 saturated carbocycles. The summed E-state index contributed by atoms with van der Waals surface area (Å²) in [6.45, 7) is 0.668. The number of ether oxygens (including phenoxy) is 2. The Labute approximate surface area is 108 Å². The molecule has 104 valence electrons. The minimum Gasteiger partial charge on any atom is -0.469 e. The lowest BCUT2D eigenvalue weighted by Crippen LogP contribution is -2.31. The normalized spacial score (nSPS) is 23.2. The highest BCUT2D eigenvalue weighted by Crippen LogP contribution is 2.31. The van der Waals surface area contributed by atoms with Crippen LogP contribution in [0.1, 0.15) is 38.5 Å². The van der Waals surface area contributed by atoms with Crippen molar-refractivity contribution < 1.29 is 19.1 Å². The fraction of sp³-hybridized carbons (Fsp3) is 0.846. The van der Waals surface area contributed by atoms with Gasteiger partial charge in [-0.15, -0.1) is 0 Å². The monoisotopic (exact) mass is 257 g/mol. The van der Waals surface area contributed by atoms with Crippen LogP contribution < -0.4 is 5.32 Å². The number of hydrogen-bond acceptors (Lipinski definition) is 4. The van der Waals surface area contributed by atoms with E-state index in [0.717, 1.165) is 19.3 Å². The standard InChI is InChI=1S/C13H23NO4/c1-17-12(15)7-6-10-4-3-5-11(8-10)9-14-13(16)18-2/h10-11H,3-9H2,1-2H3,(H,14,16). The average Bonchev–Trinajstić information content (AvgIpc) is 2.42. The molecule has 1 aliphatic carbocycles. The summed E-state index contributed by atoms with van der Waals surface area (Å²) in [6, 6.07) is 0. The van der Waals surface area contributed by atoms with Gasteiger partial charge in [0.05, 0.1) is 14.2 Å². The summed E-state index contributed by atoms with van der Waals surface area (Å²) >= 11 is 0. The number of hydrogen-bond donors (Lipinski definition) is 1. The van der Waals surface area contributed by atoms with Crippen LogP contribution in [0, 0.1) is 11.8 Å². The van der Waals surface area contributed by atoms with Gasteiger partial charge >= 0.3 is 12.1 Å². The largest absolute Gasteiger partial charge is 0.469 e. The zero-order chi connectivity index (χ0) is 13.4. The van der Waals surface area contributed by atoms with E-state index in [1.165, 1.54) is 27.1 Å². The molecule has 1 amide bonds. The van der Waals surface area contributed by atoms with Crippen LogP contribution in [0.3, 0.4) is 0 Å². The van der Waals surface area contributed by atoms with Gasteiger partial charge in [-0.25, -0.2) is 4.79 Å². The molecule has 0 aromatic heterocycles. The van der Waals surface area contributed by atoms with Crippen LogP contribution in [0.2, 0.25) is 0 Å². The van der Waals surface area contributed by atoms with Crippen LogP contribution in [-0.4, -0.2) is 32.8 Å². The predicted molar refractivity (Wildman–Crippen MR) is 67.1 cm³/mol. The van der Waals surface area contributed by atoms with Gasteiger partial charge in [0.15, 0.2) is 0 Å². The molecule has 5 heteroatoms. The zero-order valence-electron chi connectivity index (χ0n) is 11.2. The molecule has 0 bridgehead atoms. The number of carbonyl (C=O) groups is 2. The van der Waals surface area contributed by atoms with Crippen LogP contribution in [0.25, 0.3) is 0 Å². The third kappa shape index (κ3) is 5.38. The molecule has 0 radical (unpaired) electrons. The number of amides is 1. The molecule has 1 fully saturated rings. The second-order valence-corrected chi connectivity index (χ2v) is 4.89. The average molecular weight is 257 g/mol. The molecule has 0 heterocycles. The number of nitrogens with one attached hydrogen (secondary N) is 1. The molecule has 1 N–H and O–H groups in total. The Morgan fingerprint density at radius 2 is 1.89 bits per heavy atom. The first kappa shape index (κ1) is 14.8. The second-order valence-electron chi connectivity index (χ2n) is 4.89. The Hall–Kier alpha value is -1.26. The number of rotatable bonds is 5. The van der Waals surface area contributed by atoms with Crippen molar-refractivity contribution in [1.82, 2.24) is 5.32 Å². The molecule has 0 aliphatic heterocycles. The van der Waals surface area contributed by atoms with Gasteiger partial charge in [0.1, 0.15) is 0 Å². The molecule has 0 aromatic carbocycles. The highest BCUT2D eigenvalue weighted by molar-refractivity contribution is 5.69. The summed E-state index contributed by atoms with van der Waals surface area (Å²) in [5.41, 5.74) is 0. The Morgan fingerprint density at radius 3 is 2.56 bits per heavy atom. The van der Waals surface area contributed by atoms with Crippen molar-refractivity contribution in [3.8, 4) is 0 Å². The summed E-state index contributed by atoms with van der Waals surface area (Å²) in [7, 11) is 2.79. The first-order chi connectivity index (χ1) is 8.65. The highest BCUT2D eigenvalue weighted by Gasteiger charge is 2.23. The number of esters is 1. The van der Waals surface area contributed by atoms with E-state index >= 15 is 0 Å². The van der Waals surface area contributed by atoms with Gasteiger partial charge in [-0.05, 0) is 31.1 Å². The van der Waals surface area contributed by atoms with E-state index in [1.54, 1.807) is 0 Å². The minimum atomic E-state index is -0.369. The van der Waals surface area contributed by atoms with Crippen molar-refractivity contribution in [2.24, 2.45) is 11.8 Å². The van der Waals surface area contributed by atoms with Crippen molar-refractivity contribution in [1.29, 1.82) is 0 Å². The van der Waals surface area contributed by atoms with E-state index in [4.69, 9.17) is 0 Å². The molecule has 2 unspecified atom stereocenters. The number of alkyl carbamates (subject to hydrolysis) is 1. The van der Waals surface area contributed by atoms with Gasteiger partial charge in [0, 0.05) is 13.0 Å². The maximum absolute atomic E-state index is 11.1. The molecular formula is C13H23NO4. The first-order valence-corrected chi connectivity index (χ1v) is 6.54. The summed E-state index contributed by atoms with van der Waals surface area (Å²) in [4.78, 5) is 22.1. The van der Waals surface area contributed by atoms with Crippen molar-refractivity contribution in [3.63, 3.8) is 0 Å². The van der Waals surface area contributed by atoms with Crippen LogP contribution in [0.4, 0.5) is 4.79 Å². The van der Waals surface area contributed by atoms with Crippen LogP contribution in [-0.2, 0) is 14.3 Å². The summed E-state index contributed by atoms with van der Waals surface area (Å²) in [6.07, 6.45) is 5.57. The Morgan fingerprint density at radius 1 is 1.17 bits per heavy atom. The van der Waals surface area contributed by atoms with Crippen molar-refractivity contribution in [2.75, 3.05) is 20.8 Å². The Balaban J connectivity index is 2.23. The second kappa shape index (κ2) is 7.95. The molecule has 1 aliphatic rings. The van der Waals surface area contributed by atoms with Crippen molar-refractivity contribution in [2.45, 2.75) is 38.5 Å². The van der Waals surface area contributed by atoms with Gasteiger partial charge < -0.3 is 14.8 Å². The van der Waals surface area contributed by atoms with E-state index in [1.807, 2.05) is 0 Å². The van der Waals surface area contributed by atoms with Gasteiger partial charge in [0.25, 0.3) is 0 Å². The molecule has 2 atom stereocenters. The van der Waals surface area contributed by atoms with Crippen LogP contribution >= 0.6 is 0 Å². The van der Waals surface area contributed by atoms with Crippen molar-refractivity contribution >= 4 is 12.1 Å². The maximum Gasteiger partial charge on any atom is 0.406 e. The van der Waals surface area contributed by atoms with E-state index in [2.05, 4.69) is 14.8 Å². The Bertz CT molecular complexity index is 254. The van der Waals surface area contributed by atoms with Gasteiger partial charge in [-0.3, -0.25) is 4.79 Å². The van der Waals surface area contributed by atoms with E-state index < -0.39 is 0 Å². The lowest BCUT2D eigenvalue weighted by atomic mass is 9.79. The maximum atomic E-state index is 11.1. The number of methoxy groups -OCH3 is 2. The lowest BCUT2D eigenvalue weighted by Gasteiger charge is -2.28. The molecule has 0 spiro atoms.